The van der Waals surface area contributed by atoms with Crippen LogP contribution in [-0.2, 0) is 4.74 Å². The van der Waals surface area contributed by atoms with E-state index in [1.54, 1.807) is 31.4 Å². The van der Waals surface area contributed by atoms with Crippen molar-refractivity contribution in [3.8, 4) is 28.8 Å². The molecule has 0 unspecified atom stereocenters. The number of fused-ring (bicyclic) bond motifs is 1. The zero-order valence-corrected chi connectivity index (χ0v) is 21.1. The molecule has 1 heterocycles. The fourth-order valence-corrected chi connectivity index (χ4v) is 4.63. The molecule has 0 bridgehead atoms. The van der Waals surface area contributed by atoms with Crippen molar-refractivity contribution in [2.75, 3.05) is 25.6 Å². The number of hydrogen-bond acceptors (Lipinski definition) is 5. The summed E-state index contributed by atoms with van der Waals surface area (Å²) in [4.78, 5) is 12.3. The second-order valence-corrected chi connectivity index (χ2v) is 9.29. The van der Waals surface area contributed by atoms with Crippen LogP contribution in [0.5, 0.6) is 11.5 Å². The minimum Gasteiger partial charge on any atom is -0.491 e. The number of amides is 1. The summed E-state index contributed by atoms with van der Waals surface area (Å²) in [6, 6.07) is 22.6. The Hall–Kier alpha value is -3.99. The van der Waals surface area contributed by atoms with E-state index in [0.717, 1.165) is 47.2 Å². The summed E-state index contributed by atoms with van der Waals surface area (Å²) in [5.74, 6) is 1.14. The summed E-state index contributed by atoms with van der Waals surface area (Å²) in [6.07, 6.45) is 2.69. The van der Waals surface area contributed by atoms with Crippen molar-refractivity contribution >= 4 is 34.3 Å². The monoisotopic (exact) mass is 515 g/mol. The maximum absolute atomic E-state index is 12.3. The normalized spacial score (nSPS) is 13.1. The number of nitrogens with zero attached hydrogens (tertiary/aromatic N) is 2. The third-order valence-electron chi connectivity index (χ3n) is 6.51. The van der Waals surface area contributed by atoms with Gasteiger partial charge in [0, 0.05) is 35.3 Å². The van der Waals surface area contributed by atoms with E-state index in [2.05, 4.69) is 16.0 Å². The molecule has 1 aliphatic rings. The van der Waals surface area contributed by atoms with E-state index in [4.69, 9.17) is 25.8 Å². The molecular weight excluding hydrogens is 490 g/mol. The predicted octanol–water partition coefficient (Wildman–Crippen LogP) is 7.19. The first-order chi connectivity index (χ1) is 18.1. The Labute approximate surface area is 220 Å². The van der Waals surface area contributed by atoms with Gasteiger partial charge in [-0.1, -0.05) is 23.7 Å². The van der Waals surface area contributed by atoms with Crippen LogP contribution in [0.2, 0.25) is 5.02 Å². The van der Waals surface area contributed by atoms with Gasteiger partial charge >= 0.3 is 6.09 Å². The second kappa shape index (κ2) is 11.0. The molecule has 1 aromatic heterocycles. The number of hydrogen-bond donors (Lipinski definition) is 1. The van der Waals surface area contributed by atoms with Crippen molar-refractivity contribution in [1.82, 2.24) is 4.57 Å². The van der Waals surface area contributed by atoms with E-state index in [-0.39, 0.29) is 0 Å². The topological polar surface area (TPSA) is 85.5 Å². The minimum atomic E-state index is -0.600. The van der Waals surface area contributed by atoms with Crippen LogP contribution in [0, 0.1) is 11.3 Å². The van der Waals surface area contributed by atoms with Gasteiger partial charge in [-0.25, -0.2) is 4.79 Å². The summed E-state index contributed by atoms with van der Waals surface area (Å²) < 4.78 is 18.5. The van der Waals surface area contributed by atoms with Crippen LogP contribution in [0.15, 0.2) is 66.7 Å². The molecule has 0 radical (unpaired) electrons. The van der Waals surface area contributed by atoms with Gasteiger partial charge in [-0.15, -0.1) is 0 Å². The molecule has 0 aliphatic heterocycles. The van der Waals surface area contributed by atoms with Gasteiger partial charge in [0.05, 0.1) is 23.4 Å². The molecule has 1 amide bonds. The van der Waals surface area contributed by atoms with Crippen molar-refractivity contribution in [1.29, 1.82) is 5.26 Å². The van der Waals surface area contributed by atoms with Crippen molar-refractivity contribution in [3.63, 3.8) is 0 Å². The highest BCUT2D eigenvalue weighted by atomic mass is 35.5. The predicted molar refractivity (Wildman–Crippen MR) is 143 cm³/mol. The molecule has 0 spiro atoms. The van der Waals surface area contributed by atoms with Crippen molar-refractivity contribution in [2.24, 2.45) is 0 Å². The number of nitriles is 1. The SMILES string of the molecule is COCCOc1ccc2c(C#N)c(-c3ccc(NC(=O)Oc4ccc(Cl)cc4)cc3)n(C3CCC3)c2c1. The first kappa shape index (κ1) is 24.7. The molecule has 0 atom stereocenters. The molecule has 37 heavy (non-hydrogen) atoms. The lowest BCUT2D eigenvalue weighted by Gasteiger charge is -2.30. The van der Waals surface area contributed by atoms with E-state index in [1.807, 2.05) is 42.5 Å². The number of ether oxygens (including phenoxy) is 3. The zero-order valence-electron chi connectivity index (χ0n) is 20.4. The van der Waals surface area contributed by atoms with Crippen LogP contribution in [-0.4, -0.2) is 31.0 Å². The molecule has 4 aromatic rings. The Kier molecular flexibility index (Phi) is 7.31. The van der Waals surface area contributed by atoms with Crippen LogP contribution in [0.3, 0.4) is 0 Å². The fraction of sp³-hybridized carbons (Fsp3) is 0.241. The number of carbonyl (C=O) groups excluding carboxylic acids is 1. The average molecular weight is 516 g/mol. The Morgan fingerprint density at radius 2 is 1.78 bits per heavy atom. The zero-order chi connectivity index (χ0) is 25.8. The number of carbonyl (C=O) groups is 1. The highest BCUT2D eigenvalue weighted by molar-refractivity contribution is 6.30. The van der Waals surface area contributed by atoms with E-state index in [1.165, 1.54) is 0 Å². The number of benzene rings is 3. The molecule has 5 rings (SSSR count). The number of aromatic nitrogens is 1. The first-order valence-corrected chi connectivity index (χ1v) is 12.5. The van der Waals surface area contributed by atoms with Gasteiger partial charge in [0.1, 0.15) is 24.2 Å². The fourth-order valence-electron chi connectivity index (χ4n) is 4.51. The maximum atomic E-state index is 12.3. The van der Waals surface area contributed by atoms with Gasteiger partial charge in [-0.3, -0.25) is 5.32 Å². The summed E-state index contributed by atoms with van der Waals surface area (Å²) in [6.45, 7) is 0.961. The number of nitrogens with one attached hydrogen (secondary N) is 1. The lowest BCUT2D eigenvalue weighted by molar-refractivity contribution is 0.146. The van der Waals surface area contributed by atoms with E-state index < -0.39 is 6.09 Å². The molecule has 1 aliphatic carbocycles. The molecule has 188 valence electrons. The van der Waals surface area contributed by atoms with Gasteiger partial charge in [-0.05, 0) is 73.4 Å². The van der Waals surface area contributed by atoms with Gasteiger partial charge in [0.25, 0.3) is 0 Å². The van der Waals surface area contributed by atoms with Crippen LogP contribution < -0.4 is 14.8 Å². The van der Waals surface area contributed by atoms with Crippen LogP contribution in [0.1, 0.15) is 30.9 Å². The summed E-state index contributed by atoms with van der Waals surface area (Å²) >= 11 is 5.88. The van der Waals surface area contributed by atoms with Crippen molar-refractivity contribution < 1.29 is 19.0 Å². The van der Waals surface area contributed by atoms with Crippen LogP contribution in [0.4, 0.5) is 10.5 Å². The third-order valence-corrected chi connectivity index (χ3v) is 6.76. The number of methoxy groups -OCH3 is 1. The summed E-state index contributed by atoms with van der Waals surface area (Å²) in [7, 11) is 1.64. The quantitative estimate of drug-likeness (QED) is 0.251. The largest absolute Gasteiger partial charge is 0.491 e. The van der Waals surface area contributed by atoms with Gasteiger partial charge in [-0.2, -0.15) is 5.26 Å². The standard InChI is InChI=1S/C29H26ClN3O4/c1-35-15-16-36-24-13-14-25-26(18-31)28(33(27(25)17-24)22-3-2-4-22)19-5-9-21(10-6-19)32-29(34)37-23-11-7-20(30)8-12-23/h5-14,17,22H,2-4,15-16H2,1H3,(H,32,34). The molecule has 1 N–H and O–H groups in total. The van der Waals surface area contributed by atoms with E-state index in [0.29, 0.717) is 41.3 Å². The Morgan fingerprint density at radius 1 is 1.05 bits per heavy atom. The number of halogens is 1. The maximum Gasteiger partial charge on any atom is 0.417 e. The molecule has 1 fully saturated rings. The van der Waals surface area contributed by atoms with Crippen molar-refractivity contribution in [3.05, 3.63) is 77.3 Å². The second-order valence-electron chi connectivity index (χ2n) is 8.86. The van der Waals surface area contributed by atoms with Gasteiger partial charge in [0.15, 0.2) is 0 Å². The lowest BCUT2D eigenvalue weighted by Crippen LogP contribution is -2.18. The van der Waals surface area contributed by atoms with E-state index in [9.17, 15) is 10.1 Å². The minimum absolute atomic E-state index is 0.320. The first-order valence-electron chi connectivity index (χ1n) is 12.1. The molecule has 1 saturated carbocycles. The molecule has 7 nitrogen and oxygen atoms in total. The molecular formula is C29H26ClN3O4. The number of anilines is 1. The summed E-state index contributed by atoms with van der Waals surface area (Å²) in [5, 5.41) is 14.3. The Morgan fingerprint density at radius 3 is 2.43 bits per heavy atom. The highest BCUT2D eigenvalue weighted by Crippen LogP contribution is 2.43. The molecule has 0 saturated heterocycles. The van der Waals surface area contributed by atoms with Gasteiger partial charge < -0.3 is 18.8 Å². The van der Waals surface area contributed by atoms with Crippen LogP contribution >= 0.6 is 11.6 Å². The Bertz CT molecular complexity index is 1450. The smallest absolute Gasteiger partial charge is 0.417 e. The Balaban J connectivity index is 1.44. The van der Waals surface area contributed by atoms with Crippen molar-refractivity contribution in [2.45, 2.75) is 25.3 Å². The molecule has 8 heteroatoms. The number of rotatable bonds is 8. The van der Waals surface area contributed by atoms with Gasteiger partial charge in [0.2, 0.25) is 0 Å². The van der Waals surface area contributed by atoms with Crippen LogP contribution in [0.25, 0.3) is 22.2 Å². The summed E-state index contributed by atoms with van der Waals surface area (Å²) in [5.41, 5.74) is 3.99. The average Bonchev–Trinajstić information content (AvgIpc) is 3.18. The third kappa shape index (κ3) is 5.26. The molecule has 3 aromatic carbocycles. The highest BCUT2D eigenvalue weighted by Gasteiger charge is 2.28. The van der Waals surface area contributed by atoms with E-state index >= 15 is 0 Å². The lowest BCUT2D eigenvalue weighted by atomic mass is 9.92.